The molecule has 1 unspecified atom stereocenters. The van der Waals surface area contributed by atoms with Gasteiger partial charge in [0, 0.05) is 0 Å². The van der Waals surface area contributed by atoms with Crippen LogP contribution in [-0.2, 0) is 4.79 Å². The fourth-order valence-electron chi connectivity index (χ4n) is 0.368. The van der Waals surface area contributed by atoms with Gasteiger partial charge in [-0.2, -0.15) is 11.8 Å². The summed E-state index contributed by atoms with van der Waals surface area (Å²) in [6, 6.07) is -0.683. The molecule has 0 saturated heterocycles. The number of nitrogens with zero attached hydrogens (tertiary/aromatic N) is 1. The van der Waals surface area contributed by atoms with E-state index >= 15 is 0 Å². The number of thioether (sulfide) groups is 1. The molecule has 72 valence electrons. The SMILES string of the molecule is CSCCC(N)C(=O)O.O=NO. The predicted octanol–water partition coefficient (Wildman–Crippen LogP) is 0.293. The third-order valence-corrected chi connectivity index (χ3v) is 1.59. The molecular formula is C5H12N2O4S. The largest absolute Gasteiger partial charge is 0.480 e. The third-order valence-electron chi connectivity index (χ3n) is 0.950. The standard InChI is InChI=1S/C5H11NO2S.HNO2/c1-9-3-2-4(6)5(7)8;2-1-3/h4H,2-3,6H2,1H3,(H,7,8);(H,2,3). The summed E-state index contributed by atoms with van der Waals surface area (Å²) in [5, 5.41) is 16.2. The highest BCUT2D eigenvalue weighted by Crippen LogP contribution is 1.97. The Morgan fingerprint density at radius 2 is 2.17 bits per heavy atom. The quantitative estimate of drug-likeness (QED) is 0.440. The van der Waals surface area contributed by atoms with E-state index in [2.05, 4.69) is 0 Å². The highest BCUT2D eigenvalue weighted by atomic mass is 32.2. The van der Waals surface area contributed by atoms with Crippen LogP contribution in [0.15, 0.2) is 5.34 Å². The zero-order valence-electron chi connectivity index (χ0n) is 6.64. The Labute approximate surface area is 74.1 Å². The number of rotatable bonds is 4. The first kappa shape index (κ1) is 13.7. The minimum absolute atomic E-state index is 0.552. The normalized spacial score (nSPS) is 10.8. The fraction of sp³-hybridized carbons (Fsp3) is 0.800. The van der Waals surface area contributed by atoms with Crippen molar-refractivity contribution in [1.82, 2.24) is 0 Å². The van der Waals surface area contributed by atoms with Crippen LogP contribution in [0.3, 0.4) is 0 Å². The zero-order valence-corrected chi connectivity index (χ0v) is 7.45. The second-order valence-corrected chi connectivity index (χ2v) is 2.79. The maximum absolute atomic E-state index is 10.1. The summed E-state index contributed by atoms with van der Waals surface area (Å²) < 4.78 is 0. The summed E-state index contributed by atoms with van der Waals surface area (Å²) in [5.41, 5.74) is 5.19. The van der Waals surface area contributed by atoms with Crippen molar-refractivity contribution in [3.63, 3.8) is 0 Å². The maximum atomic E-state index is 10.1. The molecule has 0 fully saturated rings. The van der Waals surface area contributed by atoms with Gasteiger partial charge in [-0.3, -0.25) is 4.79 Å². The summed E-state index contributed by atoms with van der Waals surface area (Å²) in [6.07, 6.45) is 2.48. The molecule has 0 aliphatic carbocycles. The second kappa shape index (κ2) is 10.2. The van der Waals surface area contributed by atoms with Gasteiger partial charge in [0.2, 0.25) is 0 Å². The lowest BCUT2D eigenvalue weighted by Gasteiger charge is -2.02. The Hall–Kier alpha value is -0.820. The van der Waals surface area contributed by atoms with Gasteiger partial charge >= 0.3 is 5.97 Å². The van der Waals surface area contributed by atoms with Gasteiger partial charge in [0.05, 0.1) is 0 Å². The van der Waals surface area contributed by atoms with Crippen LogP contribution in [0.5, 0.6) is 0 Å². The van der Waals surface area contributed by atoms with Gasteiger partial charge in [-0.25, -0.2) is 0 Å². The van der Waals surface area contributed by atoms with E-state index in [0.717, 1.165) is 5.75 Å². The third kappa shape index (κ3) is 11.9. The summed E-state index contributed by atoms with van der Waals surface area (Å²) >= 11 is 1.60. The van der Waals surface area contributed by atoms with E-state index in [0.29, 0.717) is 6.42 Å². The van der Waals surface area contributed by atoms with Gasteiger partial charge in [0.25, 0.3) is 0 Å². The summed E-state index contributed by atoms with van der Waals surface area (Å²) in [6.45, 7) is 0. The van der Waals surface area contributed by atoms with Gasteiger partial charge < -0.3 is 16.0 Å². The molecule has 0 saturated carbocycles. The van der Waals surface area contributed by atoms with Gasteiger partial charge in [0.15, 0.2) is 5.34 Å². The van der Waals surface area contributed by atoms with E-state index in [4.69, 9.17) is 21.0 Å². The topological polar surface area (TPSA) is 113 Å². The number of carboxylic acids is 1. The van der Waals surface area contributed by atoms with E-state index in [1.807, 2.05) is 6.26 Å². The van der Waals surface area contributed by atoms with Crippen LogP contribution in [0.4, 0.5) is 0 Å². The molecule has 4 N–H and O–H groups in total. The Morgan fingerprint density at radius 1 is 1.75 bits per heavy atom. The van der Waals surface area contributed by atoms with Crippen molar-refractivity contribution in [2.45, 2.75) is 12.5 Å². The van der Waals surface area contributed by atoms with Crippen molar-refractivity contribution >= 4 is 17.7 Å². The molecule has 0 aliphatic heterocycles. The molecule has 0 aliphatic rings. The molecule has 12 heavy (non-hydrogen) atoms. The number of carboxylic acid groups (broad SMARTS) is 1. The summed E-state index contributed by atoms with van der Waals surface area (Å²) in [4.78, 5) is 18.2. The average molecular weight is 196 g/mol. The van der Waals surface area contributed by atoms with Crippen molar-refractivity contribution < 1.29 is 15.1 Å². The van der Waals surface area contributed by atoms with Crippen molar-refractivity contribution in [3.8, 4) is 0 Å². The van der Waals surface area contributed by atoms with E-state index < -0.39 is 12.0 Å². The molecule has 0 radical (unpaired) electrons. The predicted molar refractivity (Wildman–Crippen MR) is 46.2 cm³/mol. The first-order valence-electron chi connectivity index (χ1n) is 3.04. The first-order chi connectivity index (χ1) is 5.59. The number of nitrogens with two attached hydrogens (primary N) is 1. The number of hydrogen-bond acceptors (Lipinski definition) is 5. The molecule has 0 rings (SSSR count). The van der Waals surface area contributed by atoms with Crippen molar-refractivity contribution in [3.05, 3.63) is 4.91 Å². The Kier molecular flexibility index (Phi) is 11.7. The molecule has 0 heterocycles. The highest BCUT2D eigenvalue weighted by Gasteiger charge is 2.08. The lowest BCUT2D eigenvalue weighted by molar-refractivity contribution is -0.138. The van der Waals surface area contributed by atoms with Crippen LogP contribution in [0.1, 0.15) is 6.42 Å². The molecule has 1 atom stereocenters. The van der Waals surface area contributed by atoms with Crippen LogP contribution in [0.25, 0.3) is 0 Å². The Morgan fingerprint density at radius 3 is 2.42 bits per heavy atom. The molecule has 7 heteroatoms. The van der Waals surface area contributed by atoms with Crippen molar-refractivity contribution in [2.75, 3.05) is 12.0 Å². The smallest absolute Gasteiger partial charge is 0.320 e. The van der Waals surface area contributed by atoms with Crippen LogP contribution in [0, 0.1) is 4.91 Å². The van der Waals surface area contributed by atoms with Crippen molar-refractivity contribution in [1.29, 1.82) is 0 Å². The molecule has 0 spiro atoms. The van der Waals surface area contributed by atoms with Crippen LogP contribution >= 0.6 is 11.8 Å². The van der Waals surface area contributed by atoms with Gasteiger partial charge in [0.1, 0.15) is 6.04 Å². The summed E-state index contributed by atoms with van der Waals surface area (Å²) in [7, 11) is 0. The number of aliphatic carboxylic acids is 1. The Bertz CT molecular complexity index is 133. The maximum Gasteiger partial charge on any atom is 0.320 e. The van der Waals surface area contributed by atoms with E-state index in [1.165, 1.54) is 5.34 Å². The van der Waals surface area contributed by atoms with Crippen LogP contribution in [-0.4, -0.2) is 34.3 Å². The average Bonchev–Trinajstić information content (AvgIpc) is 2.01. The Balaban J connectivity index is 0. The molecule has 0 bridgehead atoms. The first-order valence-corrected chi connectivity index (χ1v) is 4.43. The molecule has 0 amide bonds. The van der Waals surface area contributed by atoms with E-state index in [-0.39, 0.29) is 0 Å². The van der Waals surface area contributed by atoms with Crippen LogP contribution < -0.4 is 5.73 Å². The molecule has 6 nitrogen and oxygen atoms in total. The van der Waals surface area contributed by atoms with Crippen molar-refractivity contribution in [2.24, 2.45) is 11.1 Å². The van der Waals surface area contributed by atoms with Crippen LogP contribution in [0.2, 0.25) is 0 Å². The molecule has 0 aromatic rings. The minimum atomic E-state index is -0.913. The number of hydrogen-bond donors (Lipinski definition) is 3. The monoisotopic (exact) mass is 196 g/mol. The minimum Gasteiger partial charge on any atom is -0.480 e. The zero-order chi connectivity index (χ0) is 9.98. The van der Waals surface area contributed by atoms with Gasteiger partial charge in [-0.05, 0) is 18.4 Å². The second-order valence-electron chi connectivity index (χ2n) is 1.81. The highest BCUT2D eigenvalue weighted by molar-refractivity contribution is 7.98. The van der Waals surface area contributed by atoms with Gasteiger partial charge in [-0.1, -0.05) is 0 Å². The summed E-state index contributed by atoms with van der Waals surface area (Å²) in [5.74, 6) is -0.1000. The molecule has 0 aromatic carbocycles. The number of carbonyl (C=O) groups is 1. The molecular weight excluding hydrogens is 184 g/mol. The lowest BCUT2D eigenvalue weighted by Crippen LogP contribution is -2.30. The van der Waals surface area contributed by atoms with E-state index in [1.54, 1.807) is 11.8 Å². The van der Waals surface area contributed by atoms with Gasteiger partial charge in [-0.15, -0.1) is 4.91 Å². The molecule has 0 aromatic heterocycles. The lowest BCUT2D eigenvalue weighted by atomic mass is 10.2. The fourth-order valence-corrected chi connectivity index (χ4v) is 0.858. The van der Waals surface area contributed by atoms with E-state index in [9.17, 15) is 4.79 Å².